The number of amides is 1. The first-order valence-electron chi connectivity index (χ1n) is 5.65. The van der Waals surface area contributed by atoms with Crippen molar-refractivity contribution in [2.75, 3.05) is 18.4 Å². The smallest absolute Gasteiger partial charge is 0.251 e. The maximum absolute atomic E-state index is 13.5. The van der Waals surface area contributed by atoms with Crippen molar-refractivity contribution >= 4 is 11.6 Å². The Morgan fingerprint density at radius 1 is 1.28 bits per heavy atom. The zero-order chi connectivity index (χ0) is 13.3. The number of anilines is 1. The Balaban J connectivity index is 2.19. The highest BCUT2D eigenvalue weighted by Crippen LogP contribution is 2.20. The van der Waals surface area contributed by atoms with Gasteiger partial charge in [0, 0.05) is 24.7 Å². The van der Waals surface area contributed by atoms with Gasteiger partial charge in [-0.1, -0.05) is 0 Å². The number of halogens is 2. The third kappa shape index (κ3) is 2.41. The minimum absolute atomic E-state index is 0.129. The second-order valence-electron chi connectivity index (χ2n) is 4.37. The van der Waals surface area contributed by atoms with Crippen molar-refractivity contribution in [2.24, 2.45) is 0 Å². The van der Waals surface area contributed by atoms with Gasteiger partial charge in [0.15, 0.2) is 0 Å². The van der Waals surface area contributed by atoms with Gasteiger partial charge < -0.3 is 10.6 Å². The van der Waals surface area contributed by atoms with Gasteiger partial charge in [0.05, 0.1) is 5.69 Å². The van der Waals surface area contributed by atoms with E-state index in [-0.39, 0.29) is 11.3 Å². The summed E-state index contributed by atoms with van der Waals surface area (Å²) in [5.41, 5.74) is 1.62. The van der Waals surface area contributed by atoms with Crippen LogP contribution in [0.2, 0.25) is 0 Å². The van der Waals surface area contributed by atoms with E-state index in [2.05, 4.69) is 10.6 Å². The van der Waals surface area contributed by atoms with E-state index in [9.17, 15) is 13.6 Å². The molecule has 2 N–H and O–H groups in total. The number of benzene rings is 1. The molecule has 5 heteroatoms. The average Bonchev–Trinajstić information content (AvgIpc) is 2.23. The number of carbonyl (C=O) groups excluding carboxylic acids is 1. The summed E-state index contributed by atoms with van der Waals surface area (Å²) in [5, 5.41) is 5.40. The van der Waals surface area contributed by atoms with E-state index in [1.807, 2.05) is 0 Å². The van der Waals surface area contributed by atoms with Gasteiger partial charge in [-0.15, -0.1) is 0 Å². The molecule has 1 fully saturated rings. The van der Waals surface area contributed by atoms with Crippen LogP contribution in [0.3, 0.4) is 0 Å². The zero-order valence-electron chi connectivity index (χ0n) is 10.2. The number of nitrogens with one attached hydrogen (secondary N) is 2. The summed E-state index contributed by atoms with van der Waals surface area (Å²) in [6.45, 7) is 4.49. The molecule has 0 aliphatic carbocycles. The summed E-state index contributed by atoms with van der Waals surface area (Å²) >= 11 is 0. The van der Waals surface area contributed by atoms with E-state index in [0.29, 0.717) is 18.7 Å². The van der Waals surface area contributed by atoms with Gasteiger partial charge in [-0.3, -0.25) is 4.79 Å². The van der Waals surface area contributed by atoms with E-state index in [0.717, 1.165) is 17.7 Å². The predicted molar refractivity (Wildman–Crippen MR) is 65.3 cm³/mol. The minimum Gasteiger partial charge on any atom is -0.320 e. The number of aryl methyl sites for hydroxylation is 1. The quantitative estimate of drug-likeness (QED) is 0.792. The number of carbonyl (C=O) groups is 1. The molecule has 0 saturated carbocycles. The molecule has 0 bridgehead atoms. The molecule has 1 aliphatic heterocycles. The van der Waals surface area contributed by atoms with Crippen LogP contribution < -0.4 is 10.6 Å². The van der Waals surface area contributed by atoms with Crippen LogP contribution in [0.15, 0.2) is 23.3 Å². The Kier molecular flexibility index (Phi) is 3.43. The van der Waals surface area contributed by atoms with Gasteiger partial charge in [0.25, 0.3) is 5.91 Å². The molecule has 3 nitrogen and oxygen atoms in total. The molecular formula is C13H14F2N2O. The maximum atomic E-state index is 13.5. The Bertz CT molecular complexity index is 532. The van der Waals surface area contributed by atoms with Crippen molar-refractivity contribution in [3.05, 3.63) is 40.5 Å². The second kappa shape index (κ2) is 4.86. The molecule has 0 radical (unpaired) electrons. The van der Waals surface area contributed by atoms with Crippen LogP contribution in [-0.4, -0.2) is 19.0 Å². The van der Waals surface area contributed by atoms with Crippen molar-refractivity contribution in [3.8, 4) is 0 Å². The van der Waals surface area contributed by atoms with E-state index in [1.165, 1.54) is 6.92 Å². The molecule has 1 saturated heterocycles. The number of hydrogen-bond acceptors (Lipinski definition) is 2. The Hall–Kier alpha value is -1.75. The fraction of sp³-hybridized carbons (Fsp3) is 0.308. The molecular weight excluding hydrogens is 238 g/mol. The van der Waals surface area contributed by atoms with E-state index in [1.54, 1.807) is 6.92 Å². The Morgan fingerprint density at radius 2 is 1.94 bits per heavy atom. The first-order valence-corrected chi connectivity index (χ1v) is 5.65. The van der Waals surface area contributed by atoms with E-state index >= 15 is 0 Å². The normalized spacial score (nSPS) is 14.1. The van der Waals surface area contributed by atoms with Gasteiger partial charge >= 0.3 is 0 Å². The summed E-state index contributed by atoms with van der Waals surface area (Å²) in [7, 11) is 0. The molecule has 18 heavy (non-hydrogen) atoms. The van der Waals surface area contributed by atoms with Crippen molar-refractivity contribution in [1.82, 2.24) is 5.32 Å². The number of hydrogen-bond donors (Lipinski definition) is 2. The molecule has 1 amide bonds. The fourth-order valence-electron chi connectivity index (χ4n) is 1.63. The first-order chi connectivity index (χ1) is 8.49. The molecule has 0 atom stereocenters. The SMILES string of the molecule is CC(C(=O)Nc1cc(F)c(C)cc1F)=C1CNC1. The van der Waals surface area contributed by atoms with Crippen LogP contribution in [0, 0.1) is 18.6 Å². The number of rotatable bonds is 2. The van der Waals surface area contributed by atoms with Crippen LogP contribution in [-0.2, 0) is 4.79 Å². The summed E-state index contributed by atoms with van der Waals surface area (Å²) < 4.78 is 26.8. The van der Waals surface area contributed by atoms with Crippen LogP contribution in [0.25, 0.3) is 0 Å². The Labute approximate surface area is 104 Å². The van der Waals surface area contributed by atoms with E-state index < -0.39 is 17.5 Å². The lowest BCUT2D eigenvalue weighted by molar-refractivity contribution is -0.112. The molecule has 96 valence electrons. The van der Waals surface area contributed by atoms with Crippen LogP contribution in [0.1, 0.15) is 12.5 Å². The topological polar surface area (TPSA) is 41.1 Å². The lowest BCUT2D eigenvalue weighted by Gasteiger charge is -2.21. The fourth-order valence-corrected chi connectivity index (χ4v) is 1.63. The lowest BCUT2D eigenvalue weighted by atomic mass is 10.0. The van der Waals surface area contributed by atoms with Gasteiger partial charge in [-0.25, -0.2) is 8.78 Å². The van der Waals surface area contributed by atoms with Gasteiger partial charge in [0.1, 0.15) is 11.6 Å². The highest BCUT2D eigenvalue weighted by Gasteiger charge is 2.17. The largest absolute Gasteiger partial charge is 0.320 e. The van der Waals surface area contributed by atoms with Crippen LogP contribution in [0.5, 0.6) is 0 Å². The maximum Gasteiger partial charge on any atom is 0.251 e. The summed E-state index contributed by atoms with van der Waals surface area (Å²) in [6, 6.07) is 2.07. The lowest BCUT2D eigenvalue weighted by Crippen LogP contribution is -2.36. The minimum atomic E-state index is -0.633. The third-order valence-electron chi connectivity index (χ3n) is 3.04. The van der Waals surface area contributed by atoms with Crippen LogP contribution >= 0.6 is 0 Å². The van der Waals surface area contributed by atoms with Crippen LogP contribution in [0.4, 0.5) is 14.5 Å². The highest BCUT2D eigenvalue weighted by molar-refractivity contribution is 6.04. The monoisotopic (exact) mass is 252 g/mol. The molecule has 1 aromatic rings. The molecule has 1 aliphatic rings. The van der Waals surface area contributed by atoms with Crippen molar-refractivity contribution < 1.29 is 13.6 Å². The molecule has 1 heterocycles. The van der Waals surface area contributed by atoms with Crippen molar-refractivity contribution in [3.63, 3.8) is 0 Å². The van der Waals surface area contributed by atoms with Gasteiger partial charge in [-0.2, -0.15) is 0 Å². The third-order valence-corrected chi connectivity index (χ3v) is 3.04. The molecule has 0 unspecified atom stereocenters. The van der Waals surface area contributed by atoms with Crippen molar-refractivity contribution in [1.29, 1.82) is 0 Å². The summed E-state index contributed by atoms with van der Waals surface area (Å²) in [4.78, 5) is 11.8. The molecule has 0 spiro atoms. The Morgan fingerprint density at radius 3 is 2.50 bits per heavy atom. The molecule has 1 aromatic carbocycles. The van der Waals surface area contributed by atoms with Crippen molar-refractivity contribution in [2.45, 2.75) is 13.8 Å². The first kappa shape index (κ1) is 12.7. The second-order valence-corrected chi connectivity index (χ2v) is 4.37. The van der Waals surface area contributed by atoms with Gasteiger partial charge in [0.2, 0.25) is 0 Å². The summed E-state index contributed by atoms with van der Waals surface area (Å²) in [5.74, 6) is -1.57. The standard InChI is InChI=1S/C13H14F2N2O/c1-7-3-11(15)12(4-10(7)14)17-13(18)8(2)9-5-16-6-9/h3-4,16H,5-6H2,1-2H3,(H,17,18). The van der Waals surface area contributed by atoms with Gasteiger partial charge in [-0.05, 0) is 31.1 Å². The molecule has 2 rings (SSSR count). The predicted octanol–water partition coefficient (Wildman–Crippen LogP) is 2.13. The average molecular weight is 252 g/mol. The molecule has 0 aromatic heterocycles. The summed E-state index contributed by atoms with van der Waals surface area (Å²) in [6.07, 6.45) is 0. The van der Waals surface area contributed by atoms with E-state index in [4.69, 9.17) is 0 Å². The highest BCUT2D eigenvalue weighted by atomic mass is 19.1. The zero-order valence-corrected chi connectivity index (χ0v) is 10.2.